The first-order valence-corrected chi connectivity index (χ1v) is 5.98. The minimum Gasteiger partial charge on any atom is -0.321 e. The minimum atomic E-state index is -4.92. The lowest BCUT2D eigenvalue weighted by molar-refractivity contribution is -0.384. The summed E-state index contributed by atoms with van der Waals surface area (Å²) in [6.45, 7) is 0. The standard InChI is InChI=1S/C12H9F3N2O3/c13-12(14,15)11(18)16-9-3-4-10(16)8-5-6(17(19)20)1-2-7(8)9/h1-2,5,9-10H,3-4H2/t9-,10+/m1/s1. The lowest BCUT2D eigenvalue weighted by atomic mass is 9.91. The Morgan fingerprint density at radius 2 is 1.85 bits per heavy atom. The summed E-state index contributed by atoms with van der Waals surface area (Å²) < 4.78 is 37.8. The number of carbonyl (C=O) groups is 1. The Morgan fingerprint density at radius 1 is 1.25 bits per heavy atom. The van der Waals surface area contributed by atoms with Crippen molar-refractivity contribution in [3.63, 3.8) is 0 Å². The Balaban J connectivity index is 2.02. The summed E-state index contributed by atoms with van der Waals surface area (Å²) in [7, 11) is 0. The number of non-ortho nitro benzene ring substituents is 1. The Labute approximate surface area is 111 Å². The van der Waals surface area contributed by atoms with E-state index in [9.17, 15) is 28.1 Å². The van der Waals surface area contributed by atoms with Gasteiger partial charge in [-0.2, -0.15) is 13.2 Å². The molecule has 3 rings (SSSR count). The van der Waals surface area contributed by atoms with Gasteiger partial charge in [-0.25, -0.2) is 0 Å². The molecule has 1 amide bonds. The average Bonchev–Trinajstić information content (AvgIpc) is 2.92. The molecule has 0 aliphatic carbocycles. The molecule has 0 unspecified atom stereocenters. The van der Waals surface area contributed by atoms with Crippen molar-refractivity contribution in [2.45, 2.75) is 31.1 Å². The fraction of sp³-hybridized carbons (Fsp3) is 0.417. The largest absolute Gasteiger partial charge is 0.471 e. The highest BCUT2D eigenvalue weighted by Gasteiger charge is 2.54. The number of hydrogen-bond acceptors (Lipinski definition) is 3. The summed E-state index contributed by atoms with van der Waals surface area (Å²) >= 11 is 0. The molecule has 0 aromatic heterocycles. The van der Waals surface area contributed by atoms with E-state index in [1.165, 1.54) is 18.2 Å². The predicted octanol–water partition coefficient (Wildman–Crippen LogP) is 2.88. The molecule has 2 atom stereocenters. The van der Waals surface area contributed by atoms with Gasteiger partial charge in [0.2, 0.25) is 0 Å². The van der Waals surface area contributed by atoms with E-state index < -0.39 is 29.1 Å². The van der Waals surface area contributed by atoms with Crippen molar-refractivity contribution in [1.82, 2.24) is 4.90 Å². The maximum Gasteiger partial charge on any atom is 0.471 e. The van der Waals surface area contributed by atoms with Gasteiger partial charge in [-0.15, -0.1) is 0 Å². The van der Waals surface area contributed by atoms with Crippen molar-refractivity contribution < 1.29 is 22.9 Å². The summed E-state index contributed by atoms with van der Waals surface area (Å²) in [6, 6.07) is 2.66. The van der Waals surface area contributed by atoms with Crippen LogP contribution in [0.25, 0.3) is 0 Å². The minimum absolute atomic E-state index is 0.171. The lowest BCUT2D eigenvalue weighted by Gasteiger charge is -2.23. The van der Waals surface area contributed by atoms with Crippen LogP contribution in [-0.4, -0.2) is 21.9 Å². The van der Waals surface area contributed by atoms with Crippen LogP contribution in [0.5, 0.6) is 0 Å². The third-order valence-corrected chi connectivity index (χ3v) is 3.86. The van der Waals surface area contributed by atoms with E-state index in [2.05, 4.69) is 0 Å². The summed E-state index contributed by atoms with van der Waals surface area (Å²) in [4.78, 5) is 22.4. The molecule has 0 spiro atoms. The Bertz CT molecular complexity index is 614. The van der Waals surface area contributed by atoms with Gasteiger partial charge in [0.1, 0.15) is 0 Å². The number of nitrogens with zero attached hydrogens (tertiary/aromatic N) is 2. The van der Waals surface area contributed by atoms with Crippen molar-refractivity contribution >= 4 is 11.6 Å². The third kappa shape index (κ3) is 1.67. The molecule has 0 saturated carbocycles. The molecule has 2 aliphatic rings. The SMILES string of the molecule is O=C(N1[C@@H]2CC[C@H]1c1cc([N+](=O)[O-])ccc12)C(F)(F)F. The molecular weight excluding hydrogens is 277 g/mol. The highest BCUT2D eigenvalue weighted by molar-refractivity contribution is 5.84. The smallest absolute Gasteiger partial charge is 0.321 e. The van der Waals surface area contributed by atoms with Gasteiger partial charge in [-0.05, 0) is 30.0 Å². The van der Waals surface area contributed by atoms with E-state index >= 15 is 0 Å². The second kappa shape index (κ2) is 3.94. The molecular formula is C12H9F3N2O3. The molecule has 1 fully saturated rings. The maximum atomic E-state index is 12.6. The molecule has 1 aromatic carbocycles. The zero-order valence-corrected chi connectivity index (χ0v) is 10.1. The van der Waals surface area contributed by atoms with Crippen LogP contribution in [0.4, 0.5) is 18.9 Å². The summed E-state index contributed by atoms with van der Waals surface area (Å²) in [6.07, 6.45) is -4.06. The Kier molecular flexibility index (Phi) is 2.54. The average molecular weight is 286 g/mol. The summed E-state index contributed by atoms with van der Waals surface area (Å²) in [5, 5.41) is 10.7. The normalized spacial score (nSPS) is 23.9. The molecule has 1 aromatic rings. The second-order valence-corrected chi connectivity index (χ2v) is 4.89. The van der Waals surface area contributed by atoms with Crippen LogP contribution in [-0.2, 0) is 4.79 Å². The van der Waals surface area contributed by atoms with Gasteiger partial charge in [0, 0.05) is 12.1 Å². The maximum absolute atomic E-state index is 12.6. The number of alkyl halides is 3. The van der Waals surface area contributed by atoms with Crippen molar-refractivity contribution in [1.29, 1.82) is 0 Å². The quantitative estimate of drug-likeness (QED) is 0.589. The van der Waals surface area contributed by atoms with Gasteiger partial charge in [0.15, 0.2) is 0 Å². The van der Waals surface area contributed by atoms with Gasteiger partial charge >= 0.3 is 12.1 Å². The van der Waals surface area contributed by atoms with E-state index in [0.717, 1.165) is 4.90 Å². The number of halogens is 3. The third-order valence-electron chi connectivity index (χ3n) is 3.86. The number of nitro benzene ring substituents is 1. The van der Waals surface area contributed by atoms with Gasteiger partial charge in [0.05, 0.1) is 17.0 Å². The van der Waals surface area contributed by atoms with Crippen LogP contribution in [0.2, 0.25) is 0 Å². The molecule has 1 saturated heterocycles. The number of carbonyl (C=O) groups excluding carboxylic acids is 1. The monoisotopic (exact) mass is 286 g/mol. The predicted molar refractivity (Wildman–Crippen MR) is 60.7 cm³/mol. The molecule has 2 heterocycles. The van der Waals surface area contributed by atoms with Crippen molar-refractivity contribution in [3.8, 4) is 0 Å². The number of hydrogen-bond donors (Lipinski definition) is 0. The van der Waals surface area contributed by atoms with Gasteiger partial charge in [-0.1, -0.05) is 0 Å². The van der Waals surface area contributed by atoms with E-state index in [1.807, 2.05) is 0 Å². The van der Waals surface area contributed by atoms with Gasteiger partial charge in [-0.3, -0.25) is 14.9 Å². The fourth-order valence-electron chi connectivity index (χ4n) is 3.12. The van der Waals surface area contributed by atoms with Crippen LogP contribution < -0.4 is 0 Å². The van der Waals surface area contributed by atoms with Crippen LogP contribution in [0, 0.1) is 10.1 Å². The van der Waals surface area contributed by atoms with E-state index in [0.29, 0.717) is 24.0 Å². The van der Waals surface area contributed by atoms with Crippen LogP contribution in [0.1, 0.15) is 36.1 Å². The molecule has 20 heavy (non-hydrogen) atoms. The van der Waals surface area contributed by atoms with Crippen molar-refractivity contribution in [2.24, 2.45) is 0 Å². The first kappa shape index (κ1) is 12.9. The number of fused-ring (bicyclic) bond motifs is 5. The molecule has 0 N–H and O–H groups in total. The van der Waals surface area contributed by atoms with Gasteiger partial charge < -0.3 is 4.90 Å². The zero-order chi connectivity index (χ0) is 14.7. The van der Waals surface area contributed by atoms with Crippen molar-refractivity contribution in [3.05, 3.63) is 39.4 Å². The molecule has 0 radical (unpaired) electrons. The number of benzene rings is 1. The molecule has 8 heteroatoms. The number of amides is 1. The molecule has 106 valence electrons. The summed E-state index contributed by atoms with van der Waals surface area (Å²) in [5.74, 6) is -1.87. The Hall–Kier alpha value is -2.12. The number of rotatable bonds is 1. The van der Waals surface area contributed by atoms with Crippen molar-refractivity contribution in [2.75, 3.05) is 0 Å². The first-order valence-electron chi connectivity index (χ1n) is 5.98. The highest BCUT2D eigenvalue weighted by atomic mass is 19.4. The first-order chi connectivity index (χ1) is 9.30. The lowest BCUT2D eigenvalue weighted by Crippen LogP contribution is -2.39. The topological polar surface area (TPSA) is 63.5 Å². The number of nitro groups is 1. The molecule has 5 nitrogen and oxygen atoms in total. The van der Waals surface area contributed by atoms with E-state index in [1.54, 1.807) is 0 Å². The van der Waals surface area contributed by atoms with Crippen LogP contribution in [0.3, 0.4) is 0 Å². The highest BCUT2D eigenvalue weighted by Crippen LogP contribution is 2.54. The van der Waals surface area contributed by atoms with Crippen LogP contribution >= 0.6 is 0 Å². The molecule has 2 aliphatic heterocycles. The van der Waals surface area contributed by atoms with Gasteiger partial charge in [0.25, 0.3) is 5.69 Å². The van der Waals surface area contributed by atoms with E-state index in [-0.39, 0.29) is 5.69 Å². The Morgan fingerprint density at radius 3 is 2.40 bits per heavy atom. The van der Waals surface area contributed by atoms with E-state index in [4.69, 9.17) is 0 Å². The molecule has 2 bridgehead atoms. The summed E-state index contributed by atoms with van der Waals surface area (Å²) in [5.41, 5.74) is 0.883. The zero-order valence-electron chi connectivity index (χ0n) is 10.1. The fourth-order valence-corrected chi connectivity index (χ4v) is 3.12. The second-order valence-electron chi connectivity index (χ2n) is 4.89. The van der Waals surface area contributed by atoms with Crippen LogP contribution in [0.15, 0.2) is 18.2 Å².